The summed E-state index contributed by atoms with van der Waals surface area (Å²) in [7, 11) is 4.23. The van der Waals surface area contributed by atoms with E-state index in [1.54, 1.807) is 0 Å². The molecule has 0 saturated carbocycles. The van der Waals surface area contributed by atoms with Crippen LogP contribution in [0.5, 0.6) is 0 Å². The molecule has 0 aromatic carbocycles. The summed E-state index contributed by atoms with van der Waals surface area (Å²) in [6.07, 6.45) is 1.26. The normalized spacial score (nSPS) is 20.2. The molecule has 0 aliphatic carbocycles. The van der Waals surface area contributed by atoms with Crippen LogP contribution < -0.4 is 10.6 Å². The number of likely N-dealkylation sites (N-methyl/N-ethyl adjacent to an activating group) is 1. The first-order chi connectivity index (χ1) is 7.70. The van der Waals surface area contributed by atoms with E-state index in [9.17, 15) is 0 Å². The van der Waals surface area contributed by atoms with E-state index >= 15 is 0 Å². The van der Waals surface area contributed by atoms with Crippen LogP contribution in [-0.2, 0) is 0 Å². The van der Waals surface area contributed by atoms with E-state index in [0.29, 0.717) is 6.04 Å². The van der Waals surface area contributed by atoms with Crippen molar-refractivity contribution in [2.45, 2.75) is 19.4 Å². The van der Waals surface area contributed by atoms with Gasteiger partial charge in [-0.2, -0.15) is 0 Å². The van der Waals surface area contributed by atoms with Gasteiger partial charge in [-0.1, -0.05) is 0 Å². The number of piperazine rings is 1. The minimum atomic E-state index is 0.717. The Balaban J connectivity index is 1.98. The van der Waals surface area contributed by atoms with Gasteiger partial charge < -0.3 is 15.5 Å². The van der Waals surface area contributed by atoms with E-state index in [2.05, 4.69) is 41.5 Å². The maximum Gasteiger partial charge on any atom is 0.0110 e. The van der Waals surface area contributed by atoms with Crippen LogP contribution in [-0.4, -0.2) is 75.8 Å². The zero-order valence-corrected chi connectivity index (χ0v) is 11.1. The van der Waals surface area contributed by atoms with Crippen molar-refractivity contribution in [3.05, 3.63) is 0 Å². The number of nitrogens with zero attached hydrogens (tertiary/aromatic N) is 2. The molecular weight excluding hydrogens is 200 g/mol. The van der Waals surface area contributed by atoms with Crippen LogP contribution in [0.2, 0.25) is 0 Å². The minimum absolute atomic E-state index is 0.717. The van der Waals surface area contributed by atoms with Crippen LogP contribution in [0.3, 0.4) is 0 Å². The van der Waals surface area contributed by atoms with Crippen LogP contribution in [0, 0.1) is 0 Å². The largest absolute Gasteiger partial charge is 0.315 e. The van der Waals surface area contributed by atoms with E-state index in [1.807, 2.05) is 0 Å². The van der Waals surface area contributed by atoms with Gasteiger partial charge in [0, 0.05) is 45.3 Å². The summed E-state index contributed by atoms with van der Waals surface area (Å²) in [4.78, 5) is 4.80. The van der Waals surface area contributed by atoms with E-state index in [4.69, 9.17) is 0 Å². The summed E-state index contributed by atoms with van der Waals surface area (Å²) in [5, 5.41) is 6.90. The van der Waals surface area contributed by atoms with Crippen molar-refractivity contribution in [2.24, 2.45) is 0 Å². The maximum absolute atomic E-state index is 3.50. The van der Waals surface area contributed by atoms with Gasteiger partial charge in [0.1, 0.15) is 0 Å². The molecule has 1 atom stereocenters. The summed E-state index contributed by atoms with van der Waals surface area (Å²) in [5.41, 5.74) is 0. The molecule has 0 aromatic rings. The zero-order valence-electron chi connectivity index (χ0n) is 11.1. The smallest absolute Gasteiger partial charge is 0.0110 e. The molecular formula is C12H28N4. The molecule has 2 N–H and O–H groups in total. The molecule has 4 heteroatoms. The van der Waals surface area contributed by atoms with Crippen molar-refractivity contribution in [3.8, 4) is 0 Å². The van der Waals surface area contributed by atoms with Crippen LogP contribution in [0.4, 0.5) is 0 Å². The Morgan fingerprint density at radius 1 is 1.25 bits per heavy atom. The molecule has 0 bridgehead atoms. The molecule has 0 amide bonds. The maximum atomic E-state index is 3.50. The van der Waals surface area contributed by atoms with E-state index in [0.717, 1.165) is 32.7 Å². The highest BCUT2D eigenvalue weighted by Gasteiger charge is 2.15. The number of rotatable bonds is 7. The monoisotopic (exact) mass is 228 g/mol. The fraction of sp³-hybridized carbons (Fsp3) is 1.00. The highest BCUT2D eigenvalue weighted by Crippen LogP contribution is 2.03. The third kappa shape index (κ3) is 5.80. The van der Waals surface area contributed by atoms with Crippen molar-refractivity contribution < 1.29 is 0 Å². The van der Waals surface area contributed by atoms with Crippen molar-refractivity contribution >= 4 is 0 Å². The van der Waals surface area contributed by atoms with Gasteiger partial charge in [0.25, 0.3) is 0 Å². The molecule has 96 valence electrons. The molecule has 4 nitrogen and oxygen atoms in total. The second kappa shape index (κ2) is 8.01. The average molecular weight is 228 g/mol. The van der Waals surface area contributed by atoms with Crippen LogP contribution in [0.1, 0.15) is 13.3 Å². The van der Waals surface area contributed by atoms with E-state index in [1.165, 1.54) is 19.5 Å². The Bertz CT molecular complexity index is 166. The van der Waals surface area contributed by atoms with Gasteiger partial charge in [-0.05, 0) is 34.0 Å². The van der Waals surface area contributed by atoms with Gasteiger partial charge in [-0.25, -0.2) is 0 Å². The lowest BCUT2D eigenvalue weighted by Crippen LogP contribution is -2.48. The van der Waals surface area contributed by atoms with Gasteiger partial charge >= 0.3 is 0 Å². The zero-order chi connectivity index (χ0) is 11.8. The average Bonchev–Trinajstić information content (AvgIpc) is 2.29. The first kappa shape index (κ1) is 13.9. The highest BCUT2D eigenvalue weighted by molar-refractivity contribution is 4.74. The van der Waals surface area contributed by atoms with Crippen molar-refractivity contribution in [2.75, 3.05) is 59.9 Å². The third-order valence-corrected chi connectivity index (χ3v) is 3.25. The summed E-state index contributed by atoms with van der Waals surface area (Å²) < 4.78 is 0. The van der Waals surface area contributed by atoms with Crippen LogP contribution >= 0.6 is 0 Å². The lowest BCUT2D eigenvalue weighted by molar-refractivity contribution is 0.176. The Kier molecular flexibility index (Phi) is 6.96. The molecule has 1 aliphatic rings. The standard InChI is InChI=1S/C12H28N4/c1-12(16-10-7-14-8-11-16)4-5-13-6-9-15(2)3/h12-14H,4-11H2,1-3H3. The Labute approximate surface area is 100 Å². The first-order valence-electron chi connectivity index (χ1n) is 6.50. The van der Waals surface area contributed by atoms with Crippen molar-refractivity contribution in [3.63, 3.8) is 0 Å². The Hall–Kier alpha value is -0.160. The molecule has 0 radical (unpaired) electrons. The molecule has 1 aliphatic heterocycles. The van der Waals surface area contributed by atoms with Crippen LogP contribution in [0.15, 0.2) is 0 Å². The summed E-state index contributed by atoms with van der Waals surface area (Å²) in [5.74, 6) is 0. The number of hydrogen-bond acceptors (Lipinski definition) is 4. The first-order valence-corrected chi connectivity index (χ1v) is 6.50. The molecule has 1 fully saturated rings. The molecule has 1 heterocycles. The minimum Gasteiger partial charge on any atom is -0.315 e. The fourth-order valence-corrected chi connectivity index (χ4v) is 2.04. The third-order valence-electron chi connectivity index (χ3n) is 3.25. The molecule has 0 aromatic heterocycles. The quantitative estimate of drug-likeness (QED) is 0.592. The SMILES string of the molecule is CC(CCNCCN(C)C)N1CCNCC1. The lowest BCUT2D eigenvalue weighted by Gasteiger charge is -2.32. The summed E-state index contributed by atoms with van der Waals surface area (Å²) in [6, 6.07) is 0.717. The molecule has 0 spiro atoms. The van der Waals surface area contributed by atoms with Crippen LogP contribution in [0.25, 0.3) is 0 Å². The van der Waals surface area contributed by atoms with E-state index < -0.39 is 0 Å². The Morgan fingerprint density at radius 2 is 1.94 bits per heavy atom. The predicted molar refractivity (Wildman–Crippen MR) is 69.9 cm³/mol. The van der Waals surface area contributed by atoms with Gasteiger partial charge in [-0.3, -0.25) is 4.90 Å². The summed E-state index contributed by atoms with van der Waals surface area (Å²) >= 11 is 0. The van der Waals surface area contributed by atoms with Gasteiger partial charge in [0.2, 0.25) is 0 Å². The molecule has 1 saturated heterocycles. The predicted octanol–water partition coefficient (Wildman–Crippen LogP) is -0.179. The van der Waals surface area contributed by atoms with Gasteiger partial charge in [0.15, 0.2) is 0 Å². The molecule has 1 rings (SSSR count). The van der Waals surface area contributed by atoms with Gasteiger partial charge in [0.05, 0.1) is 0 Å². The lowest BCUT2D eigenvalue weighted by atomic mass is 10.2. The van der Waals surface area contributed by atoms with E-state index in [-0.39, 0.29) is 0 Å². The number of hydrogen-bond donors (Lipinski definition) is 2. The second-order valence-corrected chi connectivity index (χ2v) is 4.98. The summed E-state index contributed by atoms with van der Waals surface area (Å²) in [6.45, 7) is 10.4. The fourth-order valence-electron chi connectivity index (χ4n) is 2.04. The molecule has 16 heavy (non-hydrogen) atoms. The Morgan fingerprint density at radius 3 is 2.56 bits per heavy atom. The van der Waals surface area contributed by atoms with Crippen molar-refractivity contribution in [1.29, 1.82) is 0 Å². The highest BCUT2D eigenvalue weighted by atomic mass is 15.2. The topological polar surface area (TPSA) is 30.5 Å². The van der Waals surface area contributed by atoms with Crippen molar-refractivity contribution in [1.82, 2.24) is 20.4 Å². The second-order valence-electron chi connectivity index (χ2n) is 4.98. The number of nitrogens with one attached hydrogen (secondary N) is 2. The molecule has 1 unspecified atom stereocenters. The van der Waals surface area contributed by atoms with Gasteiger partial charge in [-0.15, -0.1) is 0 Å².